The second-order valence-electron chi connectivity index (χ2n) is 6.28. The summed E-state index contributed by atoms with van der Waals surface area (Å²) in [4.78, 5) is 0. The first-order valence-electron chi connectivity index (χ1n) is 9.13. The molecule has 120 valence electrons. The maximum atomic E-state index is 2.31. The van der Waals surface area contributed by atoms with E-state index in [4.69, 9.17) is 0 Å². The predicted octanol–water partition coefficient (Wildman–Crippen LogP) is 6.67. The molecule has 0 radical (unpaired) electrons. The van der Waals surface area contributed by atoms with Gasteiger partial charge in [-0.05, 0) is 28.7 Å². The van der Waals surface area contributed by atoms with Crippen LogP contribution >= 0.6 is 8.58 Å². The molecule has 22 heavy (non-hydrogen) atoms. The van der Waals surface area contributed by atoms with Crippen molar-refractivity contribution in [3.05, 3.63) is 42.5 Å². The Labute approximate surface area is 138 Å². The van der Waals surface area contributed by atoms with Crippen molar-refractivity contribution in [2.75, 3.05) is 6.16 Å². The van der Waals surface area contributed by atoms with E-state index in [2.05, 4.69) is 49.4 Å². The van der Waals surface area contributed by atoms with Gasteiger partial charge in [-0.1, -0.05) is 109 Å². The van der Waals surface area contributed by atoms with Gasteiger partial charge >= 0.3 is 0 Å². The van der Waals surface area contributed by atoms with Crippen molar-refractivity contribution in [3.8, 4) is 0 Å². The number of hydrogen-bond acceptors (Lipinski definition) is 0. The summed E-state index contributed by atoms with van der Waals surface area (Å²) < 4.78 is 0. The average Bonchev–Trinajstić information content (AvgIpc) is 2.56. The van der Waals surface area contributed by atoms with Crippen molar-refractivity contribution >= 4 is 24.7 Å². The summed E-state index contributed by atoms with van der Waals surface area (Å²) in [6.45, 7) is 2.29. The van der Waals surface area contributed by atoms with Crippen molar-refractivity contribution in [1.29, 1.82) is 0 Å². The Hall–Kier alpha value is -0.870. The Morgan fingerprint density at radius 3 is 2.09 bits per heavy atom. The fourth-order valence-electron chi connectivity index (χ4n) is 3.04. The van der Waals surface area contributed by atoms with Crippen LogP contribution < -0.4 is 5.30 Å². The Morgan fingerprint density at radius 1 is 0.682 bits per heavy atom. The van der Waals surface area contributed by atoms with Crippen LogP contribution in [0.1, 0.15) is 64.7 Å². The standard InChI is InChI=1S/C21H31P/c1-2-3-4-5-6-7-8-9-12-18-22-21-17-13-15-19-14-10-11-16-20(19)21/h10-11,13-17,22H,2-9,12,18H2,1H3. The van der Waals surface area contributed by atoms with E-state index in [0.717, 1.165) is 8.58 Å². The highest BCUT2D eigenvalue weighted by Gasteiger charge is 2.00. The molecule has 2 aromatic rings. The Kier molecular flexibility index (Phi) is 8.57. The Morgan fingerprint density at radius 2 is 1.32 bits per heavy atom. The molecule has 0 spiro atoms. The van der Waals surface area contributed by atoms with Gasteiger partial charge < -0.3 is 0 Å². The van der Waals surface area contributed by atoms with Crippen LogP contribution in [0.15, 0.2) is 42.5 Å². The quantitative estimate of drug-likeness (QED) is 0.321. The lowest BCUT2D eigenvalue weighted by molar-refractivity contribution is 0.573. The van der Waals surface area contributed by atoms with Gasteiger partial charge in [0.05, 0.1) is 0 Å². The highest BCUT2D eigenvalue weighted by molar-refractivity contribution is 7.47. The molecule has 0 saturated heterocycles. The highest BCUT2D eigenvalue weighted by atomic mass is 31.1. The number of unbranched alkanes of at least 4 members (excludes halogenated alkanes) is 8. The molecule has 0 amide bonds. The summed E-state index contributed by atoms with van der Waals surface area (Å²) in [5.41, 5.74) is 0. The largest absolute Gasteiger partial charge is 0.0897 e. The van der Waals surface area contributed by atoms with Gasteiger partial charge in [0.1, 0.15) is 0 Å². The van der Waals surface area contributed by atoms with Crippen LogP contribution in [-0.4, -0.2) is 6.16 Å². The third kappa shape index (κ3) is 6.09. The number of fused-ring (bicyclic) bond motifs is 1. The zero-order valence-electron chi connectivity index (χ0n) is 14.1. The monoisotopic (exact) mass is 314 g/mol. The smallest absolute Gasteiger partial charge is 0.0110 e. The van der Waals surface area contributed by atoms with E-state index in [1.807, 2.05) is 0 Å². The van der Waals surface area contributed by atoms with E-state index < -0.39 is 0 Å². The predicted molar refractivity (Wildman–Crippen MR) is 104 cm³/mol. The summed E-state index contributed by atoms with van der Waals surface area (Å²) in [5.74, 6) is 0. The topological polar surface area (TPSA) is 0 Å². The fraction of sp³-hybridized carbons (Fsp3) is 0.524. The minimum atomic E-state index is 0.970. The zero-order chi connectivity index (χ0) is 15.5. The summed E-state index contributed by atoms with van der Waals surface area (Å²) >= 11 is 0. The molecular formula is C21H31P. The first-order valence-corrected chi connectivity index (χ1v) is 10.3. The van der Waals surface area contributed by atoms with Gasteiger partial charge in [0.25, 0.3) is 0 Å². The molecular weight excluding hydrogens is 283 g/mol. The molecule has 0 N–H and O–H groups in total. The van der Waals surface area contributed by atoms with Crippen LogP contribution in [0.4, 0.5) is 0 Å². The molecule has 0 aliphatic heterocycles. The van der Waals surface area contributed by atoms with Gasteiger partial charge in [-0.25, -0.2) is 0 Å². The average molecular weight is 314 g/mol. The molecule has 0 aliphatic rings. The Balaban J connectivity index is 1.59. The van der Waals surface area contributed by atoms with Gasteiger partial charge in [0.15, 0.2) is 0 Å². The van der Waals surface area contributed by atoms with E-state index in [-0.39, 0.29) is 0 Å². The number of benzene rings is 2. The number of rotatable bonds is 11. The second kappa shape index (κ2) is 10.8. The number of hydrogen-bond donors (Lipinski definition) is 0. The van der Waals surface area contributed by atoms with Crippen molar-refractivity contribution in [3.63, 3.8) is 0 Å². The van der Waals surface area contributed by atoms with Crippen LogP contribution in [0, 0.1) is 0 Å². The van der Waals surface area contributed by atoms with Crippen molar-refractivity contribution in [1.82, 2.24) is 0 Å². The first-order chi connectivity index (χ1) is 10.9. The molecule has 0 heterocycles. The Bertz CT molecular complexity index is 527. The van der Waals surface area contributed by atoms with E-state index in [9.17, 15) is 0 Å². The molecule has 0 bridgehead atoms. The first kappa shape index (κ1) is 17.5. The summed E-state index contributed by atoms with van der Waals surface area (Å²) in [5, 5.41) is 4.40. The van der Waals surface area contributed by atoms with Crippen LogP contribution in [0.2, 0.25) is 0 Å². The van der Waals surface area contributed by atoms with Crippen LogP contribution in [0.25, 0.3) is 10.8 Å². The van der Waals surface area contributed by atoms with Crippen LogP contribution in [0.3, 0.4) is 0 Å². The normalized spacial score (nSPS) is 11.7. The highest BCUT2D eigenvalue weighted by Crippen LogP contribution is 2.21. The maximum absolute atomic E-state index is 2.31. The zero-order valence-corrected chi connectivity index (χ0v) is 15.1. The van der Waals surface area contributed by atoms with Crippen LogP contribution in [0.5, 0.6) is 0 Å². The van der Waals surface area contributed by atoms with Crippen molar-refractivity contribution in [2.45, 2.75) is 64.7 Å². The molecule has 0 saturated carbocycles. The molecule has 2 aromatic carbocycles. The molecule has 0 nitrogen and oxygen atoms in total. The molecule has 0 fully saturated rings. The second-order valence-corrected chi connectivity index (χ2v) is 7.67. The van der Waals surface area contributed by atoms with E-state index in [1.165, 1.54) is 74.7 Å². The summed E-state index contributed by atoms with van der Waals surface area (Å²) in [6, 6.07) is 15.5. The summed E-state index contributed by atoms with van der Waals surface area (Å²) in [7, 11) is 0.970. The van der Waals surface area contributed by atoms with Gasteiger partial charge in [-0.15, -0.1) is 0 Å². The molecule has 1 unspecified atom stereocenters. The molecule has 0 aliphatic carbocycles. The molecule has 0 aromatic heterocycles. The van der Waals surface area contributed by atoms with Gasteiger partial charge in [0, 0.05) is 0 Å². The SMILES string of the molecule is CCCCCCCCCCCPc1cccc2ccccc12. The van der Waals surface area contributed by atoms with Crippen molar-refractivity contribution in [2.24, 2.45) is 0 Å². The summed E-state index contributed by atoms with van der Waals surface area (Å²) in [6.07, 6.45) is 14.2. The third-order valence-electron chi connectivity index (χ3n) is 4.39. The maximum Gasteiger partial charge on any atom is -0.0110 e. The van der Waals surface area contributed by atoms with E-state index in [0.29, 0.717) is 0 Å². The van der Waals surface area contributed by atoms with Crippen molar-refractivity contribution < 1.29 is 0 Å². The molecule has 2 rings (SSSR count). The fourth-order valence-corrected chi connectivity index (χ4v) is 4.37. The lowest BCUT2D eigenvalue weighted by Gasteiger charge is -2.07. The minimum absolute atomic E-state index is 0.970. The van der Waals surface area contributed by atoms with E-state index in [1.54, 1.807) is 5.30 Å². The lowest BCUT2D eigenvalue weighted by atomic mass is 10.1. The van der Waals surface area contributed by atoms with Gasteiger partial charge in [-0.2, -0.15) is 0 Å². The van der Waals surface area contributed by atoms with Gasteiger partial charge in [0.2, 0.25) is 0 Å². The molecule has 1 heteroatoms. The van der Waals surface area contributed by atoms with E-state index >= 15 is 0 Å². The van der Waals surface area contributed by atoms with Gasteiger partial charge in [-0.3, -0.25) is 0 Å². The minimum Gasteiger partial charge on any atom is -0.0897 e. The lowest BCUT2D eigenvalue weighted by Crippen LogP contribution is -1.97. The molecule has 1 atom stereocenters. The van der Waals surface area contributed by atoms with Crippen LogP contribution in [-0.2, 0) is 0 Å². The third-order valence-corrected chi connectivity index (χ3v) is 5.81.